The summed E-state index contributed by atoms with van der Waals surface area (Å²) >= 11 is 0. The Morgan fingerprint density at radius 1 is 1.35 bits per heavy atom. The van der Waals surface area contributed by atoms with E-state index in [2.05, 4.69) is 12.1 Å². The Morgan fingerprint density at radius 2 is 2.20 bits per heavy atom. The molecule has 0 aliphatic heterocycles. The summed E-state index contributed by atoms with van der Waals surface area (Å²) in [6.07, 6.45) is 5.50. The third kappa shape index (κ3) is 2.33. The van der Waals surface area contributed by atoms with E-state index < -0.39 is 5.97 Å². The van der Waals surface area contributed by atoms with Gasteiger partial charge in [0.2, 0.25) is 0 Å². The summed E-state index contributed by atoms with van der Waals surface area (Å²) in [7, 11) is 1.69. The van der Waals surface area contributed by atoms with Crippen LogP contribution in [0.1, 0.15) is 43.2 Å². The zero-order chi connectivity index (χ0) is 14.1. The van der Waals surface area contributed by atoms with Crippen LogP contribution in [0, 0.1) is 5.92 Å². The lowest BCUT2D eigenvalue weighted by Gasteiger charge is -2.32. The maximum atomic E-state index is 11.0. The minimum Gasteiger partial charge on any atom is -0.497 e. The van der Waals surface area contributed by atoms with Crippen molar-refractivity contribution >= 4 is 11.5 Å². The van der Waals surface area contributed by atoms with Crippen molar-refractivity contribution in [2.45, 2.75) is 38.5 Å². The van der Waals surface area contributed by atoms with Crippen LogP contribution in [0.3, 0.4) is 0 Å². The van der Waals surface area contributed by atoms with Gasteiger partial charge in [0.15, 0.2) is 0 Å². The lowest BCUT2D eigenvalue weighted by Crippen LogP contribution is -2.19. The summed E-state index contributed by atoms with van der Waals surface area (Å²) in [5, 5.41) is 9.08. The average Bonchev–Trinajstić information content (AvgIpc) is 2.46. The van der Waals surface area contributed by atoms with Crippen LogP contribution in [0.5, 0.6) is 5.75 Å². The highest BCUT2D eigenvalue weighted by Gasteiger charge is 2.29. The van der Waals surface area contributed by atoms with Gasteiger partial charge < -0.3 is 9.84 Å². The summed E-state index contributed by atoms with van der Waals surface area (Å²) in [6.45, 7) is 0. The van der Waals surface area contributed by atoms with E-state index in [9.17, 15) is 4.79 Å². The Bertz CT molecular complexity index is 572. The van der Waals surface area contributed by atoms with E-state index in [0.717, 1.165) is 37.9 Å². The molecule has 1 atom stereocenters. The predicted molar refractivity (Wildman–Crippen MR) is 77.8 cm³/mol. The van der Waals surface area contributed by atoms with Gasteiger partial charge in [0, 0.05) is 0 Å². The molecule has 3 rings (SSSR count). The molecular formula is C17H20O3. The Morgan fingerprint density at radius 3 is 2.95 bits per heavy atom. The first kappa shape index (κ1) is 13.2. The molecule has 0 saturated heterocycles. The van der Waals surface area contributed by atoms with Crippen LogP contribution < -0.4 is 4.74 Å². The van der Waals surface area contributed by atoms with Crippen molar-refractivity contribution in [1.29, 1.82) is 0 Å². The molecule has 0 spiro atoms. The van der Waals surface area contributed by atoms with Gasteiger partial charge in [0.1, 0.15) is 5.75 Å². The number of carbonyl (C=O) groups is 1. The molecule has 0 bridgehead atoms. The zero-order valence-corrected chi connectivity index (χ0v) is 11.8. The summed E-state index contributed by atoms with van der Waals surface area (Å²) in [6, 6.07) is 6.28. The van der Waals surface area contributed by atoms with Crippen molar-refractivity contribution in [3.8, 4) is 5.75 Å². The fraction of sp³-hybridized carbons (Fsp3) is 0.471. The second-order valence-corrected chi connectivity index (χ2v) is 5.71. The van der Waals surface area contributed by atoms with Gasteiger partial charge in [-0.3, -0.25) is 4.79 Å². The molecule has 1 aromatic rings. The molecule has 1 N–H and O–H groups in total. The Labute approximate surface area is 119 Å². The molecule has 0 saturated carbocycles. The highest BCUT2D eigenvalue weighted by molar-refractivity contribution is 5.76. The summed E-state index contributed by atoms with van der Waals surface area (Å²) in [5.74, 6) is 0.474. The van der Waals surface area contributed by atoms with Crippen LogP contribution in [0.25, 0.3) is 5.57 Å². The Kier molecular flexibility index (Phi) is 3.51. The van der Waals surface area contributed by atoms with E-state index in [-0.39, 0.29) is 12.3 Å². The van der Waals surface area contributed by atoms with E-state index >= 15 is 0 Å². The number of aryl methyl sites for hydroxylation is 1. The molecular weight excluding hydrogens is 252 g/mol. The highest BCUT2D eigenvalue weighted by atomic mass is 16.5. The highest BCUT2D eigenvalue weighted by Crippen LogP contribution is 2.44. The normalized spacial score (nSPS) is 21.1. The van der Waals surface area contributed by atoms with Crippen molar-refractivity contribution < 1.29 is 14.6 Å². The molecule has 106 valence electrons. The third-order valence-electron chi connectivity index (χ3n) is 4.58. The Balaban J connectivity index is 1.99. The number of aliphatic carboxylic acids is 1. The van der Waals surface area contributed by atoms with Crippen molar-refractivity contribution in [3.63, 3.8) is 0 Å². The number of methoxy groups -OCH3 is 1. The van der Waals surface area contributed by atoms with Gasteiger partial charge in [-0.2, -0.15) is 0 Å². The average molecular weight is 272 g/mol. The molecule has 2 aliphatic carbocycles. The number of carboxylic acids is 1. The molecule has 2 aliphatic rings. The molecule has 0 heterocycles. The molecule has 0 radical (unpaired) electrons. The summed E-state index contributed by atoms with van der Waals surface area (Å²) in [5.41, 5.74) is 5.48. The van der Waals surface area contributed by atoms with E-state index in [4.69, 9.17) is 9.84 Å². The van der Waals surface area contributed by atoms with Crippen molar-refractivity contribution in [2.24, 2.45) is 5.92 Å². The molecule has 1 aromatic carbocycles. The first-order valence-electron chi connectivity index (χ1n) is 7.30. The fourth-order valence-electron chi connectivity index (χ4n) is 3.67. The van der Waals surface area contributed by atoms with Gasteiger partial charge in [-0.15, -0.1) is 0 Å². The second kappa shape index (κ2) is 5.31. The number of benzene rings is 1. The van der Waals surface area contributed by atoms with Crippen LogP contribution in [0.4, 0.5) is 0 Å². The number of hydrogen-bond donors (Lipinski definition) is 1. The minimum absolute atomic E-state index is 0.242. The quantitative estimate of drug-likeness (QED) is 0.913. The smallest absolute Gasteiger partial charge is 0.303 e. The van der Waals surface area contributed by atoms with Crippen LogP contribution in [0.2, 0.25) is 0 Å². The second-order valence-electron chi connectivity index (χ2n) is 5.71. The van der Waals surface area contributed by atoms with Gasteiger partial charge in [-0.05, 0) is 66.9 Å². The summed E-state index contributed by atoms with van der Waals surface area (Å²) in [4.78, 5) is 11.0. The topological polar surface area (TPSA) is 46.5 Å². The molecule has 3 nitrogen and oxygen atoms in total. The van der Waals surface area contributed by atoms with Crippen LogP contribution >= 0.6 is 0 Å². The molecule has 0 unspecified atom stereocenters. The lowest BCUT2D eigenvalue weighted by atomic mass is 9.72. The number of rotatable bonds is 3. The molecule has 0 fully saturated rings. The van der Waals surface area contributed by atoms with Gasteiger partial charge in [-0.25, -0.2) is 0 Å². The number of hydrogen-bond acceptors (Lipinski definition) is 2. The minimum atomic E-state index is -0.677. The lowest BCUT2D eigenvalue weighted by molar-refractivity contribution is -0.137. The van der Waals surface area contributed by atoms with E-state index in [1.54, 1.807) is 7.11 Å². The van der Waals surface area contributed by atoms with E-state index in [1.807, 2.05) is 6.07 Å². The predicted octanol–water partition coefficient (Wildman–Crippen LogP) is 3.67. The van der Waals surface area contributed by atoms with Gasteiger partial charge >= 0.3 is 5.97 Å². The van der Waals surface area contributed by atoms with Crippen LogP contribution in [-0.4, -0.2) is 18.2 Å². The molecule has 0 aromatic heterocycles. The van der Waals surface area contributed by atoms with E-state index in [0.29, 0.717) is 0 Å². The van der Waals surface area contributed by atoms with Gasteiger partial charge in [0.25, 0.3) is 0 Å². The first-order chi connectivity index (χ1) is 9.69. The van der Waals surface area contributed by atoms with Gasteiger partial charge in [-0.1, -0.05) is 11.6 Å². The first-order valence-corrected chi connectivity index (χ1v) is 7.30. The van der Waals surface area contributed by atoms with Crippen molar-refractivity contribution in [2.75, 3.05) is 7.11 Å². The third-order valence-corrected chi connectivity index (χ3v) is 4.58. The van der Waals surface area contributed by atoms with E-state index in [1.165, 1.54) is 22.3 Å². The maximum absolute atomic E-state index is 11.0. The number of fused-ring (bicyclic) bond motifs is 2. The van der Waals surface area contributed by atoms with Crippen LogP contribution in [0.15, 0.2) is 23.8 Å². The SMILES string of the molecule is COc1ccc2c(c1)CCC1=C2CCC[C@H]1CC(=O)O. The Hall–Kier alpha value is -1.77. The fourth-order valence-corrected chi connectivity index (χ4v) is 3.67. The number of ether oxygens (including phenoxy) is 1. The standard InChI is InChI=1S/C17H20O3/c1-20-13-6-8-15-12(9-13)5-7-14-11(10-17(18)19)3-2-4-16(14)15/h6,8-9,11H,2-5,7,10H2,1H3,(H,18,19)/t11-/m0/s1. The molecule has 0 amide bonds. The number of carboxylic acid groups (broad SMARTS) is 1. The maximum Gasteiger partial charge on any atom is 0.303 e. The van der Waals surface area contributed by atoms with Gasteiger partial charge in [0.05, 0.1) is 13.5 Å². The zero-order valence-electron chi connectivity index (χ0n) is 11.8. The van der Waals surface area contributed by atoms with Crippen molar-refractivity contribution in [3.05, 3.63) is 34.9 Å². The number of allylic oxidation sites excluding steroid dienone is 2. The largest absolute Gasteiger partial charge is 0.497 e. The molecule has 3 heteroatoms. The monoisotopic (exact) mass is 272 g/mol. The summed E-state index contributed by atoms with van der Waals surface area (Å²) < 4.78 is 5.30. The van der Waals surface area contributed by atoms with Crippen LogP contribution in [-0.2, 0) is 11.2 Å². The van der Waals surface area contributed by atoms with Crippen molar-refractivity contribution in [1.82, 2.24) is 0 Å². The molecule has 20 heavy (non-hydrogen) atoms.